The van der Waals surface area contributed by atoms with E-state index in [1.54, 1.807) is 4.90 Å². The molecule has 1 unspecified atom stereocenters. The van der Waals surface area contributed by atoms with Crippen LogP contribution in [0.3, 0.4) is 0 Å². The second kappa shape index (κ2) is 8.51. The van der Waals surface area contributed by atoms with Gasteiger partial charge in [0.15, 0.2) is 0 Å². The van der Waals surface area contributed by atoms with E-state index in [2.05, 4.69) is 10.4 Å². The molecular formula is C23H25N5O2. The van der Waals surface area contributed by atoms with E-state index in [1.165, 1.54) is 0 Å². The number of para-hydroxylation sites is 3. The van der Waals surface area contributed by atoms with Crippen LogP contribution in [0.2, 0.25) is 0 Å². The molecule has 1 atom stereocenters. The Hall–Kier alpha value is -3.45. The van der Waals surface area contributed by atoms with Crippen molar-refractivity contribution in [3.63, 3.8) is 0 Å². The van der Waals surface area contributed by atoms with Crippen molar-refractivity contribution in [3.8, 4) is 5.69 Å². The van der Waals surface area contributed by atoms with E-state index >= 15 is 0 Å². The van der Waals surface area contributed by atoms with Crippen LogP contribution in [0.4, 0.5) is 11.4 Å². The number of rotatable bonds is 5. The topological polar surface area (TPSA) is 70.5 Å². The van der Waals surface area contributed by atoms with E-state index in [4.69, 9.17) is 0 Å². The molecule has 7 heteroatoms. The molecule has 154 valence electrons. The number of fused-ring (bicyclic) bond motifs is 1. The van der Waals surface area contributed by atoms with Gasteiger partial charge in [0.2, 0.25) is 11.8 Å². The van der Waals surface area contributed by atoms with Crippen LogP contribution in [0.1, 0.15) is 18.9 Å². The first-order chi connectivity index (χ1) is 14.5. The molecule has 3 aromatic rings. The van der Waals surface area contributed by atoms with Gasteiger partial charge >= 0.3 is 0 Å². The summed E-state index contributed by atoms with van der Waals surface area (Å²) < 4.78 is 1.83. The highest BCUT2D eigenvalue weighted by atomic mass is 16.2. The molecule has 2 aromatic carbocycles. The smallest absolute Gasteiger partial charge is 0.241 e. The first kappa shape index (κ1) is 19.8. The number of hydrogen-bond donors (Lipinski definition) is 1. The number of benzene rings is 2. The summed E-state index contributed by atoms with van der Waals surface area (Å²) in [6.07, 6.45) is 4.07. The van der Waals surface area contributed by atoms with Crippen LogP contribution in [0, 0.1) is 0 Å². The molecule has 2 amide bonds. The number of aromatic nitrogens is 2. The second-order valence-corrected chi connectivity index (χ2v) is 7.68. The van der Waals surface area contributed by atoms with E-state index in [1.807, 2.05) is 90.5 Å². The molecule has 1 aliphatic heterocycles. The van der Waals surface area contributed by atoms with Gasteiger partial charge in [0, 0.05) is 30.8 Å². The SMILES string of the molecule is CC1CC(=O)Nc2ccccc2N1C(=O)CN(C)Cc1cnn(-c2ccccc2)c1. The molecule has 0 fully saturated rings. The summed E-state index contributed by atoms with van der Waals surface area (Å²) >= 11 is 0. The zero-order chi connectivity index (χ0) is 21.1. The molecule has 0 bridgehead atoms. The predicted molar refractivity (Wildman–Crippen MR) is 117 cm³/mol. The number of anilines is 2. The number of carbonyl (C=O) groups is 2. The molecule has 30 heavy (non-hydrogen) atoms. The fourth-order valence-corrected chi connectivity index (χ4v) is 3.81. The van der Waals surface area contributed by atoms with Gasteiger partial charge in [-0.1, -0.05) is 30.3 Å². The number of amides is 2. The van der Waals surface area contributed by atoms with Gasteiger partial charge in [-0.25, -0.2) is 4.68 Å². The number of nitrogens with zero attached hydrogens (tertiary/aromatic N) is 4. The largest absolute Gasteiger partial charge is 0.324 e. The number of nitrogens with one attached hydrogen (secondary N) is 1. The van der Waals surface area contributed by atoms with Crippen LogP contribution in [-0.2, 0) is 16.1 Å². The van der Waals surface area contributed by atoms with E-state index in [0.29, 0.717) is 12.2 Å². The van der Waals surface area contributed by atoms with E-state index < -0.39 is 0 Å². The third-order valence-corrected chi connectivity index (χ3v) is 5.14. The maximum Gasteiger partial charge on any atom is 0.241 e. The summed E-state index contributed by atoms with van der Waals surface area (Å²) in [4.78, 5) is 29.0. The average Bonchev–Trinajstić information content (AvgIpc) is 3.13. The maximum absolute atomic E-state index is 13.2. The van der Waals surface area contributed by atoms with Crippen molar-refractivity contribution in [2.75, 3.05) is 23.8 Å². The van der Waals surface area contributed by atoms with E-state index in [0.717, 1.165) is 16.9 Å². The van der Waals surface area contributed by atoms with Crippen LogP contribution in [0.5, 0.6) is 0 Å². The quantitative estimate of drug-likeness (QED) is 0.711. The zero-order valence-electron chi connectivity index (χ0n) is 17.2. The number of hydrogen-bond acceptors (Lipinski definition) is 4. The molecule has 1 N–H and O–H groups in total. The van der Waals surface area contributed by atoms with Crippen molar-refractivity contribution < 1.29 is 9.59 Å². The average molecular weight is 403 g/mol. The number of likely N-dealkylation sites (N-methyl/N-ethyl adjacent to an activating group) is 1. The molecule has 0 saturated carbocycles. The second-order valence-electron chi connectivity index (χ2n) is 7.68. The highest BCUT2D eigenvalue weighted by Gasteiger charge is 2.29. The molecule has 0 aliphatic carbocycles. The minimum atomic E-state index is -0.213. The molecular weight excluding hydrogens is 378 g/mol. The lowest BCUT2D eigenvalue weighted by Gasteiger charge is -2.29. The van der Waals surface area contributed by atoms with Gasteiger partial charge in [0.25, 0.3) is 0 Å². The maximum atomic E-state index is 13.2. The van der Waals surface area contributed by atoms with Crippen LogP contribution >= 0.6 is 0 Å². The monoisotopic (exact) mass is 403 g/mol. The van der Waals surface area contributed by atoms with Gasteiger partial charge in [-0.15, -0.1) is 0 Å². The molecule has 1 aliphatic rings. The molecule has 0 spiro atoms. The van der Waals surface area contributed by atoms with Crippen LogP contribution in [0.25, 0.3) is 5.69 Å². The summed E-state index contributed by atoms with van der Waals surface area (Å²) in [7, 11) is 1.91. The Morgan fingerprint density at radius 2 is 1.90 bits per heavy atom. The molecule has 1 aromatic heterocycles. The molecule has 0 saturated heterocycles. The normalized spacial score (nSPS) is 16.2. The van der Waals surface area contributed by atoms with Crippen molar-refractivity contribution in [2.45, 2.75) is 25.9 Å². The minimum absolute atomic E-state index is 0.0376. The van der Waals surface area contributed by atoms with Gasteiger partial charge in [-0.2, -0.15) is 5.10 Å². The Kier molecular flexibility index (Phi) is 5.63. The lowest BCUT2D eigenvalue weighted by Crippen LogP contribution is -2.44. The molecule has 7 nitrogen and oxygen atoms in total. The third-order valence-electron chi connectivity index (χ3n) is 5.14. The Labute approximate surface area is 175 Å². The summed E-state index contributed by atoms with van der Waals surface area (Å²) in [6.45, 7) is 2.74. The van der Waals surface area contributed by atoms with Crippen LogP contribution < -0.4 is 10.2 Å². The van der Waals surface area contributed by atoms with Gasteiger partial charge in [-0.05, 0) is 38.2 Å². The summed E-state index contributed by atoms with van der Waals surface area (Å²) in [5, 5.41) is 7.31. The Balaban J connectivity index is 1.46. The highest BCUT2D eigenvalue weighted by Crippen LogP contribution is 2.31. The first-order valence-electron chi connectivity index (χ1n) is 9.99. The number of carbonyl (C=O) groups excluding carboxylic acids is 2. The van der Waals surface area contributed by atoms with Crippen molar-refractivity contribution in [2.24, 2.45) is 0 Å². The fraction of sp³-hybridized carbons (Fsp3) is 0.261. The first-order valence-corrected chi connectivity index (χ1v) is 9.99. The Bertz CT molecular complexity index is 1050. The van der Waals surface area contributed by atoms with Crippen LogP contribution in [0.15, 0.2) is 67.0 Å². The van der Waals surface area contributed by atoms with Gasteiger partial charge in [0.05, 0.1) is 29.8 Å². The molecule has 2 heterocycles. The lowest BCUT2D eigenvalue weighted by atomic mass is 10.1. The lowest BCUT2D eigenvalue weighted by molar-refractivity contribution is -0.120. The van der Waals surface area contributed by atoms with Crippen molar-refractivity contribution >= 4 is 23.2 Å². The standard InChI is InChI=1S/C23H25N5O2/c1-17-12-22(29)25-20-10-6-7-11-21(20)28(17)23(30)16-26(2)14-18-13-24-27(15-18)19-8-4-3-5-9-19/h3-11,13,15,17H,12,14,16H2,1-2H3,(H,25,29). The zero-order valence-corrected chi connectivity index (χ0v) is 17.2. The summed E-state index contributed by atoms with van der Waals surface area (Å²) in [5.41, 5.74) is 3.43. The highest BCUT2D eigenvalue weighted by molar-refractivity contribution is 6.04. The minimum Gasteiger partial charge on any atom is -0.324 e. The fourth-order valence-electron chi connectivity index (χ4n) is 3.81. The third kappa shape index (κ3) is 4.26. The van der Waals surface area contributed by atoms with E-state index in [-0.39, 0.29) is 30.8 Å². The summed E-state index contributed by atoms with van der Waals surface area (Å²) in [6, 6.07) is 17.1. The van der Waals surface area contributed by atoms with Crippen molar-refractivity contribution in [1.29, 1.82) is 0 Å². The van der Waals surface area contributed by atoms with Crippen molar-refractivity contribution in [1.82, 2.24) is 14.7 Å². The summed E-state index contributed by atoms with van der Waals surface area (Å²) in [5.74, 6) is -0.115. The Morgan fingerprint density at radius 1 is 1.17 bits per heavy atom. The van der Waals surface area contributed by atoms with Gasteiger partial charge in [0.1, 0.15) is 0 Å². The Morgan fingerprint density at radius 3 is 2.70 bits per heavy atom. The van der Waals surface area contributed by atoms with Gasteiger partial charge < -0.3 is 10.2 Å². The van der Waals surface area contributed by atoms with Gasteiger partial charge in [-0.3, -0.25) is 14.5 Å². The predicted octanol–water partition coefficient (Wildman–Crippen LogP) is 3.07. The molecule has 0 radical (unpaired) electrons. The van der Waals surface area contributed by atoms with E-state index in [9.17, 15) is 9.59 Å². The molecule has 4 rings (SSSR count). The van der Waals surface area contributed by atoms with Crippen LogP contribution in [-0.4, -0.2) is 46.1 Å². The van der Waals surface area contributed by atoms with Crippen molar-refractivity contribution in [3.05, 3.63) is 72.6 Å².